The number of nitrogens with zero attached hydrogens (tertiary/aromatic N) is 3. The molecule has 0 radical (unpaired) electrons. The molecule has 0 aliphatic heterocycles. The van der Waals surface area contributed by atoms with Crippen molar-refractivity contribution < 1.29 is 10.4 Å². The van der Waals surface area contributed by atoms with Gasteiger partial charge >= 0.3 is 0 Å². The van der Waals surface area contributed by atoms with Crippen molar-refractivity contribution in [2.45, 2.75) is 52.6 Å². The average molecular weight is 359 g/mol. The Morgan fingerprint density at radius 1 is 0.800 bits per heavy atom. The van der Waals surface area contributed by atoms with Crippen LogP contribution in [0.5, 0.6) is 0 Å². The molecule has 0 aromatic heterocycles. The molecule has 0 rings (SSSR count). The van der Waals surface area contributed by atoms with E-state index in [0.29, 0.717) is 11.4 Å². The van der Waals surface area contributed by atoms with Crippen molar-refractivity contribution >= 4 is 11.4 Å². The Morgan fingerprint density at radius 3 is 1.48 bits per heavy atom. The van der Waals surface area contributed by atoms with Gasteiger partial charge < -0.3 is 26.4 Å². The molecule has 148 valence electrons. The minimum absolute atomic E-state index is 0.335. The molecule has 0 atom stereocenters. The topological polar surface area (TPSA) is 105 Å². The van der Waals surface area contributed by atoms with Crippen LogP contribution in [0.2, 0.25) is 0 Å². The van der Waals surface area contributed by atoms with Crippen molar-refractivity contribution in [1.29, 1.82) is 0 Å². The van der Waals surface area contributed by atoms with Crippen LogP contribution in [-0.2, 0) is 0 Å². The number of oxime groups is 2. The van der Waals surface area contributed by atoms with Gasteiger partial charge in [0, 0.05) is 39.3 Å². The van der Waals surface area contributed by atoms with Crippen molar-refractivity contribution in [2.24, 2.45) is 10.3 Å². The summed E-state index contributed by atoms with van der Waals surface area (Å²) in [4.78, 5) is 2.36. The van der Waals surface area contributed by atoms with Gasteiger partial charge in [-0.3, -0.25) is 4.90 Å². The van der Waals surface area contributed by atoms with E-state index in [0.717, 1.165) is 39.3 Å². The lowest BCUT2D eigenvalue weighted by Crippen LogP contribution is -2.51. The van der Waals surface area contributed by atoms with Crippen molar-refractivity contribution in [1.82, 2.24) is 20.9 Å². The van der Waals surface area contributed by atoms with E-state index in [2.05, 4.69) is 31.2 Å². The predicted octanol–water partition coefficient (Wildman–Crippen LogP) is 0.944. The zero-order valence-corrected chi connectivity index (χ0v) is 17.0. The van der Waals surface area contributed by atoms with Crippen molar-refractivity contribution in [2.75, 3.05) is 46.3 Å². The Morgan fingerprint density at radius 2 is 1.16 bits per heavy atom. The normalized spacial score (nSPS) is 14.4. The molecule has 0 saturated carbocycles. The molecule has 0 unspecified atom stereocenters. The summed E-state index contributed by atoms with van der Waals surface area (Å²) in [6.07, 6.45) is 0. The lowest BCUT2D eigenvalue weighted by molar-refractivity contribution is 0.259. The molecule has 0 aromatic carbocycles. The first-order chi connectivity index (χ1) is 11.6. The highest BCUT2D eigenvalue weighted by Crippen LogP contribution is 2.06. The first kappa shape index (κ1) is 23.8. The molecule has 0 aliphatic rings. The Balaban J connectivity index is 4.47. The highest BCUT2D eigenvalue weighted by atomic mass is 16.4. The third-order valence-electron chi connectivity index (χ3n) is 4.78. The minimum Gasteiger partial charge on any atom is -0.411 e. The lowest BCUT2D eigenvalue weighted by atomic mass is 9.99. The van der Waals surface area contributed by atoms with Gasteiger partial charge in [0.1, 0.15) is 0 Å². The molecular weight excluding hydrogens is 320 g/mol. The van der Waals surface area contributed by atoms with Crippen LogP contribution in [-0.4, -0.2) is 84.1 Å². The number of hydrogen-bond acceptors (Lipinski definition) is 8. The predicted molar refractivity (Wildman–Crippen MR) is 104 cm³/mol. The summed E-state index contributed by atoms with van der Waals surface area (Å²) >= 11 is 0. The molecule has 0 spiro atoms. The van der Waals surface area contributed by atoms with Crippen molar-refractivity contribution in [3.05, 3.63) is 0 Å². The summed E-state index contributed by atoms with van der Waals surface area (Å²) in [6.45, 7) is 16.9. The molecule has 8 nitrogen and oxygen atoms in total. The number of rotatable bonds is 13. The second-order valence-electron chi connectivity index (χ2n) is 7.42. The second kappa shape index (κ2) is 11.4. The molecular formula is C17H38N6O2. The Bertz CT molecular complexity index is 399. The highest BCUT2D eigenvalue weighted by molar-refractivity contribution is 5.90. The summed E-state index contributed by atoms with van der Waals surface area (Å²) in [5, 5.41) is 34.5. The monoisotopic (exact) mass is 358 g/mol. The third kappa shape index (κ3) is 9.15. The smallest absolute Gasteiger partial charge is 0.0734 e. The number of hydrogen-bond donors (Lipinski definition) is 5. The SMILES string of the molecule is CNCCN(CCNC(C)(C)/C(C)=N\O)CCNC(C)(C)/C(C)=N\O. The molecule has 0 saturated heterocycles. The molecule has 5 N–H and O–H groups in total. The van der Waals surface area contributed by atoms with E-state index in [-0.39, 0.29) is 11.1 Å². The van der Waals surface area contributed by atoms with Gasteiger partial charge in [-0.15, -0.1) is 0 Å². The summed E-state index contributed by atoms with van der Waals surface area (Å²) in [7, 11) is 1.95. The van der Waals surface area contributed by atoms with Crippen LogP contribution < -0.4 is 16.0 Å². The standard InChI is InChI=1S/C17H38N6O2/c1-14(21-24)16(3,4)19-9-12-23(11-8-18-7)13-10-20-17(5,6)15(2)22-25/h18-20,24-25H,8-13H2,1-7H3/b21-14-,22-15-. The van der Waals surface area contributed by atoms with Gasteiger partial charge in [0.25, 0.3) is 0 Å². The zero-order valence-electron chi connectivity index (χ0n) is 17.0. The molecule has 0 bridgehead atoms. The lowest BCUT2D eigenvalue weighted by Gasteiger charge is -2.30. The minimum atomic E-state index is -0.335. The molecule has 0 aliphatic carbocycles. The van der Waals surface area contributed by atoms with E-state index in [1.54, 1.807) is 0 Å². The van der Waals surface area contributed by atoms with Crippen LogP contribution in [0.4, 0.5) is 0 Å². The van der Waals surface area contributed by atoms with E-state index >= 15 is 0 Å². The maximum atomic E-state index is 8.95. The van der Waals surface area contributed by atoms with Gasteiger partial charge in [0.15, 0.2) is 0 Å². The largest absolute Gasteiger partial charge is 0.411 e. The van der Waals surface area contributed by atoms with Gasteiger partial charge in [-0.25, -0.2) is 0 Å². The molecule has 0 fully saturated rings. The van der Waals surface area contributed by atoms with Gasteiger partial charge in [-0.1, -0.05) is 10.3 Å². The van der Waals surface area contributed by atoms with Crippen molar-refractivity contribution in [3.63, 3.8) is 0 Å². The van der Waals surface area contributed by atoms with Crippen LogP contribution in [0.3, 0.4) is 0 Å². The third-order valence-corrected chi connectivity index (χ3v) is 4.78. The van der Waals surface area contributed by atoms with Gasteiger partial charge in [-0.2, -0.15) is 0 Å². The fourth-order valence-electron chi connectivity index (χ4n) is 2.16. The van der Waals surface area contributed by atoms with Gasteiger partial charge in [-0.05, 0) is 48.6 Å². The van der Waals surface area contributed by atoms with Gasteiger partial charge in [0.2, 0.25) is 0 Å². The fraction of sp³-hybridized carbons (Fsp3) is 0.882. The van der Waals surface area contributed by atoms with E-state index in [4.69, 9.17) is 10.4 Å². The Labute approximate surface area is 152 Å². The van der Waals surface area contributed by atoms with E-state index in [9.17, 15) is 0 Å². The highest BCUT2D eigenvalue weighted by Gasteiger charge is 2.23. The van der Waals surface area contributed by atoms with Crippen molar-refractivity contribution in [3.8, 4) is 0 Å². The van der Waals surface area contributed by atoms with Crippen LogP contribution in [0.25, 0.3) is 0 Å². The van der Waals surface area contributed by atoms with E-state index in [1.165, 1.54) is 0 Å². The van der Waals surface area contributed by atoms with E-state index < -0.39 is 0 Å². The summed E-state index contributed by atoms with van der Waals surface area (Å²) in [5.41, 5.74) is 0.657. The van der Waals surface area contributed by atoms with Crippen LogP contribution in [0.15, 0.2) is 10.3 Å². The van der Waals surface area contributed by atoms with Crippen LogP contribution >= 0.6 is 0 Å². The summed E-state index contributed by atoms with van der Waals surface area (Å²) in [5.74, 6) is 0. The quantitative estimate of drug-likeness (QED) is 0.191. The van der Waals surface area contributed by atoms with Crippen LogP contribution in [0, 0.1) is 0 Å². The first-order valence-electron chi connectivity index (χ1n) is 8.86. The van der Waals surface area contributed by atoms with Crippen LogP contribution in [0.1, 0.15) is 41.5 Å². The average Bonchev–Trinajstić information content (AvgIpc) is 2.57. The summed E-state index contributed by atoms with van der Waals surface area (Å²) in [6, 6.07) is 0. The zero-order chi connectivity index (χ0) is 19.5. The fourth-order valence-corrected chi connectivity index (χ4v) is 2.16. The maximum Gasteiger partial charge on any atom is 0.0734 e. The number of likely N-dealkylation sites (N-methyl/N-ethyl adjacent to an activating group) is 1. The number of nitrogens with one attached hydrogen (secondary N) is 3. The molecule has 8 heteroatoms. The second-order valence-corrected chi connectivity index (χ2v) is 7.42. The maximum absolute atomic E-state index is 8.95. The van der Waals surface area contributed by atoms with E-state index in [1.807, 2.05) is 48.6 Å². The molecule has 0 heterocycles. The van der Waals surface area contributed by atoms with Gasteiger partial charge in [0.05, 0.1) is 22.5 Å². The Kier molecular flexibility index (Phi) is 10.8. The Hall–Kier alpha value is -1.22. The molecule has 25 heavy (non-hydrogen) atoms. The first-order valence-corrected chi connectivity index (χ1v) is 8.86. The summed E-state index contributed by atoms with van der Waals surface area (Å²) < 4.78 is 0. The molecule has 0 amide bonds. The molecule has 0 aromatic rings.